The fraction of sp³-hybridized carbons (Fsp3) is 0.636. The molecule has 1 aliphatic rings. The number of hydrogen-bond acceptors (Lipinski definition) is 7. The number of amides is 2. The van der Waals surface area contributed by atoms with Gasteiger partial charge in [0, 0.05) is 44.4 Å². The molecule has 0 atom stereocenters. The van der Waals surface area contributed by atoms with E-state index in [1.165, 1.54) is 0 Å². The van der Waals surface area contributed by atoms with Crippen LogP contribution in [0.1, 0.15) is 25.8 Å². The van der Waals surface area contributed by atoms with Gasteiger partial charge >= 0.3 is 6.09 Å². The fourth-order valence-corrected chi connectivity index (χ4v) is 3.32. The van der Waals surface area contributed by atoms with Gasteiger partial charge in [0.1, 0.15) is 5.75 Å². The zero-order valence-electron chi connectivity index (χ0n) is 19.2. The number of methoxy groups -OCH3 is 3. The largest absolute Gasteiger partial charge is 0.496 e. The van der Waals surface area contributed by atoms with Crippen molar-refractivity contribution in [1.82, 2.24) is 15.1 Å². The lowest BCUT2D eigenvalue weighted by Crippen LogP contribution is -2.40. The molecule has 31 heavy (non-hydrogen) atoms. The SMILES string of the molecule is COc1cc(OC)c(OC)cc1CNC(=O)CN1CCCN(C(=O)OCC(C)C)CC1. The average molecular weight is 438 g/mol. The van der Waals surface area contributed by atoms with Gasteiger partial charge in [-0.25, -0.2) is 4.79 Å². The van der Waals surface area contributed by atoms with Crippen LogP contribution in [0, 0.1) is 5.92 Å². The van der Waals surface area contributed by atoms with Crippen LogP contribution < -0.4 is 19.5 Å². The van der Waals surface area contributed by atoms with E-state index >= 15 is 0 Å². The molecule has 1 N–H and O–H groups in total. The van der Waals surface area contributed by atoms with Crippen LogP contribution in [0.4, 0.5) is 4.79 Å². The monoisotopic (exact) mass is 437 g/mol. The molecule has 0 bridgehead atoms. The third-order valence-electron chi connectivity index (χ3n) is 5.02. The standard InChI is InChI=1S/C22H35N3O6/c1-16(2)15-31-22(27)25-8-6-7-24(9-10-25)14-21(26)23-13-17-11-19(29-4)20(30-5)12-18(17)28-3/h11-12,16H,6-10,13-15H2,1-5H3,(H,23,26). The Balaban J connectivity index is 1.86. The van der Waals surface area contributed by atoms with Crippen molar-refractivity contribution in [1.29, 1.82) is 0 Å². The summed E-state index contributed by atoms with van der Waals surface area (Å²) in [7, 11) is 4.70. The van der Waals surface area contributed by atoms with E-state index in [4.69, 9.17) is 18.9 Å². The average Bonchev–Trinajstić information content (AvgIpc) is 3.00. The van der Waals surface area contributed by atoms with Crippen LogP contribution in [0.5, 0.6) is 17.2 Å². The number of nitrogens with one attached hydrogen (secondary N) is 1. The third kappa shape index (κ3) is 7.50. The highest BCUT2D eigenvalue weighted by atomic mass is 16.6. The van der Waals surface area contributed by atoms with Gasteiger partial charge in [0.25, 0.3) is 0 Å². The first-order valence-corrected chi connectivity index (χ1v) is 10.6. The van der Waals surface area contributed by atoms with Gasteiger partial charge in [-0.2, -0.15) is 0 Å². The predicted octanol–water partition coefficient (Wildman–Crippen LogP) is 2.13. The number of carbonyl (C=O) groups is 2. The summed E-state index contributed by atoms with van der Waals surface area (Å²) in [5, 5.41) is 2.93. The molecule has 174 valence electrons. The van der Waals surface area contributed by atoms with Crippen LogP contribution in [0.3, 0.4) is 0 Å². The second-order valence-electron chi connectivity index (χ2n) is 7.88. The van der Waals surface area contributed by atoms with E-state index in [9.17, 15) is 9.59 Å². The second kappa shape index (κ2) is 12.2. The maximum absolute atomic E-state index is 12.5. The van der Waals surface area contributed by atoms with E-state index < -0.39 is 0 Å². The first-order chi connectivity index (χ1) is 14.9. The van der Waals surface area contributed by atoms with E-state index in [-0.39, 0.29) is 18.5 Å². The third-order valence-corrected chi connectivity index (χ3v) is 5.02. The topological polar surface area (TPSA) is 89.6 Å². The zero-order valence-corrected chi connectivity index (χ0v) is 19.2. The first-order valence-electron chi connectivity index (χ1n) is 10.6. The van der Waals surface area contributed by atoms with Crippen LogP contribution in [-0.2, 0) is 16.1 Å². The van der Waals surface area contributed by atoms with Crippen LogP contribution in [0.25, 0.3) is 0 Å². The van der Waals surface area contributed by atoms with E-state index in [0.717, 1.165) is 18.5 Å². The Kier molecular flexibility index (Phi) is 9.71. The van der Waals surface area contributed by atoms with Crippen molar-refractivity contribution in [2.45, 2.75) is 26.8 Å². The minimum absolute atomic E-state index is 0.0901. The van der Waals surface area contributed by atoms with Gasteiger partial charge in [0.05, 0.1) is 34.5 Å². The molecule has 1 heterocycles. The van der Waals surface area contributed by atoms with Crippen molar-refractivity contribution in [3.05, 3.63) is 17.7 Å². The summed E-state index contributed by atoms with van der Waals surface area (Å²) >= 11 is 0. The fourth-order valence-electron chi connectivity index (χ4n) is 3.32. The van der Waals surface area contributed by atoms with E-state index in [2.05, 4.69) is 10.2 Å². The summed E-state index contributed by atoms with van der Waals surface area (Å²) in [5.41, 5.74) is 0.795. The Hall–Kier alpha value is -2.68. The van der Waals surface area contributed by atoms with Gasteiger partial charge in [-0.05, 0) is 18.4 Å². The van der Waals surface area contributed by atoms with E-state index in [0.29, 0.717) is 56.0 Å². The summed E-state index contributed by atoms with van der Waals surface area (Å²) in [4.78, 5) is 28.5. The molecular formula is C22H35N3O6. The molecule has 0 unspecified atom stereocenters. The van der Waals surface area contributed by atoms with Crippen molar-refractivity contribution in [3.63, 3.8) is 0 Å². The number of benzene rings is 1. The molecule has 1 aromatic carbocycles. The van der Waals surface area contributed by atoms with Gasteiger partial charge in [-0.3, -0.25) is 9.69 Å². The van der Waals surface area contributed by atoms with Gasteiger partial charge < -0.3 is 29.2 Å². The van der Waals surface area contributed by atoms with Crippen molar-refractivity contribution >= 4 is 12.0 Å². The Morgan fingerprint density at radius 2 is 1.65 bits per heavy atom. The molecule has 1 aliphatic heterocycles. The predicted molar refractivity (Wildman–Crippen MR) is 117 cm³/mol. The normalized spacial score (nSPS) is 14.7. The molecular weight excluding hydrogens is 402 g/mol. The van der Waals surface area contributed by atoms with Crippen molar-refractivity contribution in [3.8, 4) is 17.2 Å². The van der Waals surface area contributed by atoms with Crippen LogP contribution in [0.15, 0.2) is 12.1 Å². The van der Waals surface area contributed by atoms with Gasteiger partial charge in [-0.15, -0.1) is 0 Å². The van der Waals surface area contributed by atoms with Crippen molar-refractivity contribution in [2.24, 2.45) is 5.92 Å². The highest BCUT2D eigenvalue weighted by Gasteiger charge is 2.22. The van der Waals surface area contributed by atoms with E-state index in [1.807, 2.05) is 13.8 Å². The zero-order chi connectivity index (χ0) is 22.8. The molecule has 9 heteroatoms. The minimum atomic E-state index is -0.277. The number of ether oxygens (including phenoxy) is 4. The first kappa shape index (κ1) is 24.6. The Morgan fingerprint density at radius 3 is 2.29 bits per heavy atom. The molecule has 1 fully saturated rings. The summed E-state index contributed by atoms with van der Waals surface area (Å²) in [6.45, 7) is 7.58. The molecule has 1 aromatic rings. The number of carbonyl (C=O) groups excluding carboxylic acids is 2. The molecule has 2 amide bonds. The lowest BCUT2D eigenvalue weighted by Gasteiger charge is -2.22. The number of rotatable bonds is 9. The number of hydrogen-bond donors (Lipinski definition) is 1. The molecule has 0 radical (unpaired) electrons. The molecule has 0 aliphatic carbocycles. The van der Waals surface area contributed by atoms with Crippen LogP contribution in [0.2, 0.25) is 0 Å². The molecule has 2 rings (SSSR count). The van der Waals surface area contributed by atoms with Gasteiger partial charge in [0.2, 0.25) is 5.91 Å². The highest BCUT2D eigenvalue weighted by Crippen LogP contribution is 2.34. The maximum Gasteiger partial charge on any atom is 0.409 e. The highest BCUT2D eigenvalue weighted by molar-refractivity contribution is 5.78. The lowest BCUT2D eigenvalue weighted by molar-refractivity contribution is -0.122. The number of nitrogens with zero attached hydrogens (tertiary/aromatic N) is 2. The summed E-state index contributed by atoms with van der Waals surface area (Å²) in [6.07, 6.45) is 0.522. The quantitative estimate of drug-likeness (QED) is 0.633. The summed E-state index contributed by atoms with van der Waals surface area (Å²) in [5.74, 6) is 1.97. The smallest absolute Gasteiger partial charge is 0.409 e. The van der Waals surface area contributed by atoms with Gasteiger partial charge in [-0.1, -0.05) is 13.8 Å². The van der Waals surface area contributed by atoms with E-state index in [1.54, 1.807) is 38.4 Å². The second-order valence-corrected chi connectivity index (χ2v) is 7.88. The lowest BCUT2D eigenvalue weighted by atomic mass is 10.1. The Labute approximate surface area is 184 Å². The maximum atomic E-state index is 12.5. The van der Waals surface area contributed by atoms with Crippen molar-refractivity contribution < 1.29 is 28.5 Å². The summed E-state index contributed by atoms with van der Waals surface area (Å²) in [6, 6.07) is 3.53. The van der Waals surface area contributed by atoms with Gasteiger partial charge in [0.15, 0.2) is 11.5 Å². The molecule has 0 saturated carbocycles. The van der Waals surface area contributed by atoms with Crippen LogP contribution in [-0.4, -0.2) is 82.5 Å². The Bertz CT molecular complexity index is 740. The molecule has 0 spiro atoms. The molecule has 9 nitrogen and oxygen atoms in total. The van der Waals surface area contributed by atoms with Crippen LogP contribution >= 0.6 is 0 Å². The molecule has 1 saturated heterocycles. The van der Waals surface area contributed by atoms with Crippen molar-refractivity contribution in [2.75, 3.05) is 60.7 Å². The minimum Gasteiger partial charge on any atom is -0.496 e. The molecule has 0 aromatic heterocycles. The Morgan fingerprint density at radius 1 is 0.968 bits per heavy atom. The summed E-state index contributed by atoms with van der Waals surface area (Å²) < 4.78 is 21.3.